The van der Waals surface area contributed by atoms with E-state index in [1.807, 2.05) is 16.8 Å². The van der Waals surface area contributed by atoms with E-state index in [2.05, 4.69) is 41.4 Å². The Bertz CT molecular complexity index is 1160. The van der Waals surface area contributed by atoms with E-state index < -0.39 is 11.8 Å². The van der Waals surface area contributed by atoms with Crippen LogP contribution in [0.1, 0.15) is 63.2 Å². The van der Waals surface area contributed by atoms with E-state index in [4.69, 9.17) is 10.1 Å². The van der Waals surface area contributed by atoms with E-state index in [1.54, 1.807) is 12.1 Å². The van der Waals surface area contributed by atoms with Gasteiger partial charge in [0, 0.05) is 24.1 Å². The van der Waals surface area contributed by atoms with Crippen molar-refractivity contribution in [1.82, 2.24) is 40.0 Å². The van der Waals surface area contributed by atoms with Crippen molar-refractivity contribution in [3.63, 3.8) is 0 Å². The predicted octanol–water partition coefficient (Wildman–Crippen LogP) is 4.43. The quantitative estimate of drug-likeness (QED) is 0.416. The number of aromatic nitrogens is 8. The summed E-state index contributed by atoms with van der Waals surface area (Å²) in [6.07, 6.45) is 3.99. The Morgan fingerprint density at radius 2 is 1.91 bits per heavy atom. The van der Waals surface area contributed by atoms with Crippen molar-refractivity contribution < 1.29 is 8.78 Å². The molecule has 0 aliphatic carbocycles. The zero-order valence-electron chi connectivity index (χ0n) is 18.4. The molecular weight excluding hydrogens is 414 g/mol. The minimum atomic E-state index is -0.756. The van der Waals surface area contributed by atoms with Crippen LogP contribution >= 0.6 is 0 Å². The van der Waals surface area contributed by atoms with Gasteiger partial charge in [-0.2, -0.15) is 14.7 Å². The van der Waals surface area contributed by atoms with Gasteiger partial charge < -0.3 is 0 Å². The van der Waals surface area contributed by atoms with Gasteiger partial charge in [-0.05, 0) is 35.8 Å². The van der Waals surface area contributed by atoms with Crippen LogP contribution in [0.5, 0.6) is 0 Å². The summed E-state index contributed by atoms with van der Waals surface area (Å²) in [5.74, 6) is 0.621. The standard InChI is InChI=1S/C22H26F2N8/c1-4-6-7-19-25-22(14(3)5-2)31(28-19)13-15-8-10-16(11-9-15)32-18(24)12-17(23)20(32)21-26-29-30-27-21/h8-12,14H,4-7,13H2,1-3H3,(H,26,27,29,30). The van der Waals surface area contributed by atoms with Crippen LogP contribution < -0.4 is 0 Å². The Morgan fingerprint density at radius 1 is 1.12 bits per heavy atom. The highest BCUT2D eigenvalue weighted by atomic mass is 19.1. The first-order valence-electron chi connectivity index (χ1n) is 10.8. The highest BCUT2D eigenvalue weighted by Crippen LogP contribution is 2.27. The lowest BCUT2D eigenvalue weighted by Gasteiger charge is -2.12. The van der Waals surface area contributed by atoms with Crippen molar-refractivity contribution in [3.05, 3.63) is 59.3 Å². The monoisotopic (exact) mass is 440 g/mol. The summed E-state index contributed by atoms with van der Waals surface area (Å²) in [6, 6.07) is 8.03. The molecule has 1 unspecified atom stereocenters. The third-order valence-electron chi connectivity index (χ3n) is 5.54. The minimum absolute atomic E-state index is 0.0177. The molecular formula is C22H26F2N8. The largest absolute Gasteiger partial charge is 0.280 e. The van der Waals surface area contributed by atoms with E-state index in [1.165, 1.54) is 0 Å². The van der Waals surface area contributed by atoms with Gasteiger partial charge in [0.1, 0.15) is 11.5 Å². The molecule has 0 aliphatic heterocycles. The topological polar surface area (TPSA) is 90.1 Å². The normalized spacial score (nSPS) is 12.4. The first-order chi connectivity index (χ1) is 15.5. The van der Waals surface area contributed by atoms with Crippen LogP contribution in [-0.2, 0) is 13.0 Å². The van der Waals surface area contributed by atoms with Gasteiger partial charge in [0.05, 0.1) is 6.54 Å². The molecule has 168 valence electrons. The van der Waals surface area contributed by atoms with Gasteiger partial charge in [0.2, 0.25) is 11.8 Å². The van der Waals surface area contributed by atoms with Crippen molar-refractivity contribution in [2.75, 3.05) is 0 Å². The summed E-state index contributed by atoms with van der Waals surface area (Å²) in [4.78, 5) is 4.77. The summed E-state index contributed by atoms with van der Waals surface area (Å²) in [6.45, 7) is 6.99. The van der Waals surface area contributed by atoms with Crippen molar-refractivity contribution in [2.24, 2.45) is 0 Å². The summed E-state index contributed by atoms with van der Waals surface area (Å²) >= 11 is 0. The number of nitrogens with zero attached hydrogens (tertiary/aromatic N) is 7. The molecule has 0 bridgehead atoms. The van der Waals surface area contributed by atoms with E-state index in [-0.39, 0.29) is 11.5 Å². The minimum Gasteiger partial charge on any atom is -0.280 e. The van der Waals surface area contributed by atoms with Crippen LogP contribution in [0.3, 0.4) is 0 Å². The Kier molecular flexibility index (Phi) is 6.38. The Morgan fingerprint density at radius 3 is 2.56 bits per heavy atom. The predicted molar refractivity (Wildman–Crippen MR) is 115 cm³/mol. The van der Waals surface area contributed by atoms with Gasteiger partial charge in [-0.25, -0.2) is 14.1 Å². The smallest absolute Gasteiger partial charge is 0.224 e. The van der Waals surface area contributed by atoms with Crippen LogP contribution in [-0.4, -0.2) is 40.0 Å². The van der Waals surface area contributed by atoms with Gasteiger partial charge in [-0.3, -0.25) is 4.57 Å². The zero-order chi connectivity index (χ0) is 22.7. The summed E-state index contributed by atoms with van der Waals surface area (Å²) in [7, 11) is 0. The maximum absolute atomic E-state index is 14.5. The lowest BCUT2D eigenvalue weighted by Crippen LogP contribution is -2.10. The van der Waals surface area contributed by atoms with Crippen molar-refractivity contribution in [1.29, 1.82) is 0 Å². The molecule has 3 aromatic heterocycles. The zero-order valence-corrected chi connectivity index (χ0v) is 18.4. The van der Waals surface area contributed by atoms with E-state index in [0.29, 0.717) is 18.2 Å². The first-order valence-corrected chi connectivity index (χ1v) is 10.8. The van der Waals surface area contributed by atoms with Crippen molar-refractivity contribution in [2.45, 2.75) is 58.9 Å². The second-order valence-electron chi connectivity index (χ2n) is 7.86. The highest BCUT2D eigenvalue weighted by molar-refractivity contribution is 5.56. The van der Waals surface area contributed by atoms with Crippen LogP contribution in [0.15, 0.2) is 30.3 Å². The van der Waals surface area contributed by atoms with E-state index in [9.17, 15) is 8.78 Å². The molecule has 4 aromatic rings. The molecule has 0 amide bonds. The fourth-order valence-electron chi connectivity index (χ4n) is 3.60. The molecule has 4 rings (SSSR count). The third-order valence-corrected chi connectivity index (χ3v) is 5.54. The Labute approximate surface area is 184 Å². The lowest BCUT2D eigenvalue weighted by atomic mass is 10.1. The second-order valence-corrected chi connectivity index (χ2v) is 7.86. The van der Waals surface area contributed by atoms with Gasteiger partial charge >= 0.3 is 0 Å². The van der Waals surface area contributed by atoms with E-state index in [0.717, 1.165) is 53.5 Å². The van der Waals surface area contributed by atoms with Crippen molar-refractivity contribution in [3.8, 4) is 17.2 Å². The number of hydrogen-bond donors (Lipinski definition) is 1. The van der Waals surface area contributed by atoms with Crippen LogP contribution in [0.25, 0.3) is 17.2 Å². The number of hydrogen-bond acceptors (Lipinski definition) is 5. The molecule has 1 N–H and O–H groups in total. The second kappa shape index (κ2) is 9.37. The van der Waals surface area contributed by atoms with Gasteiger partial charge in [0.15, 0.2) is 11.6 Å². The Hall–Kier alpha value is -3.43. The van der Waals surface area contributed by atoms with Gasteiger partial charge in [-0.1, -0.05) is 39.3 Å². The number of aromatic amines is 1. The maximum atomic E-state index is 14.5. The average Bonchev–Trinajstić information content (AvgIpc) is 3.51. The summed E-state index contributed by atoms with van der Waals surface area (Å²) in [5, 5.41) is 18.0. The molecule has 0 radical (unpaired) electrons. The maximum Gasteiger partial charge on any atom is 0.224 e. The van der Waals surface area contributed by atoms with Crippen LogP contribution in [0.4, 0.5) is 8.78 Å². The number of tetrazole rings is 1. The molecule has 0 saturated heterocycles. The lowest BCUT2D eigenvalue weighted by molar-refractivity contribution is 0.559. The molecule has 1 aromatic carbocycles. The van der Waals surface area contributed by atoms with Crippen LogP contribution in [0.2, 0.25) is 0 Å². The van der Waals surface area contributed by atoms with Crippen molar-refractivity contribution >= 4 is 0 Å². The fourth-order valence-corrected chi connectivity index (χ4v) is 3.60. The molecule has 10 heteroatoms. The first kappa shape index (κ1) is 21.8. The summed E-state index contributed by atoms with van der Waals surface area (Å²) < 4.78 is 31.9. The molecule has 0 spiro atoms. The molecule has 8 nitrogen and oxygen atoms in total. The highest BCUT2D eigenvalue weighted by Gasteiger charge is 2.22. The number of nitrogens with one attached hydrogen (secondary N) is 1. The molecule has 0 saturated carbocycles. The average molecular weight is 441 g/mol. The Balaban J connectivity index is 1.62. The third kappa shape index (κ3) is 4.30. The van der Waals surface area contributed by atoms with Gasteiger partial charge in [0.25, 0.3) is 0 Å². The van der Waals surface area contributed by atoms with Gasteiger partial charge in [-0.15, -0.1) is 10.2 Å². The fraction of sp³-hybridized carbons (Fsp3) is 0.409. The number of benzene rings is 1. The van der Waals surface area contributed by atoms with E-state index >= 15 is 0 Å². The number of rotatable bonds is 9. The summed E-state index contributed by atoms with van der Waals surface area (Å²) in [5.41, 5.74) is 1.36. The number of unbranched alkanes of at least 4 members (excludes halogenated alkanes) is 1. The molecule has 0 aliphatic rings. The number of aryl methyl sites for hydroxylation is 1. The molecule has 3 heterocycles. The number of halogens is 2. The molecule has 0 fully saturated rings. The number of H-pyrrole nitrogens is 1. The molecule has 32 heavy (non-hydrogen) atoms. The van der Waals surface area contributed by atoms with Crippen LogP contribution in [0, 0.1) is 11.8 Å². The SMILES string of the molecule is CCCCc1nc(C(C)CC)n(Cc2ccc(-n3c(F)cc(F)c3-c3nn[nH]n3)cc2)n1. The molecule has 1 atom stereocenters.